The fourth-order valence-electron chi connectivity index (χ4n) is 10.4. The molecule has 0 aliphatic heterocycles. The van der Waals surface area contributed by atoms with E-state index in [1.165, 1.54) is 283 Å². The van der Waals surface area contributed by atoms with Crippen molar-refractivity contribution in [2.24, 2.45) is 0 Å². The van der Waals surface area contributed by atoms with E-state index in [0.717, 1.165) is 57.8 Å². The van der Waals surface area contributed by atoms with E-state index in [1.807, 2.05) is 6.08 Å². The smallest absolute Gasteiger partial charge is 0.305 e. The third-order valence-electron chi connectivity index (χ3n) is 15.5. The van der Waals surface area contributed by atoms with Crippen LogP contribution in [0.5, 0.6) is 0 Å². The fourth-order valence-corrected chi connectivity index (χ4v) is 10.4. The molecule has 0 aliphatic rings. The minimum Gasteiger partial charge on any atom is -0.466 e. The number of allylic oxidation sites excluding steroid dienone is 3. The second-order valence-corrected chi connectivity index (χ2v) is 22.8. The number of carbonyl (C=O) groups is 2. The van der Waals surface area contributed by atoms with Gasteiger partial charge in [0.15, 0.2) is 0 Å². The highest BCUT2D eigenvalue weighted by molar-refractivity contribution is 5.76. The maximum Gasteiger partial charge on any atom is 0.305 e. The van der Waals surface area contributed by atoms with Crippen LogP contribution in [0.15, 0.2) is 24.3 Å². The molecule has 0 radical (unpaired) electrons. The van der Waals surface area contributed by atoms with E-state index in [-0.39, 0.29) is 18.5 Å². The molecule has 0 aromatic rings. The summed E-state index contributed by atoms with van der Waals surface area (Å²) in [6, 6.07) is -0.638. The van der Waals surface area contributed by atoms with E-state index in [0.29, 0.717) is 19.4 Å². The third-order valence-corrected chi connectivity index (χ3v) is 15.5. The lowest BCUT2D eigenvalue weighted by Crippen LogP contribution is -2.45. The molecule has 0 fully saturated rings. The second kappa shape index (κ2) is 62.9. The van der Waals surface area contributed by atoms with E-state index >= 15 is 0 Å². The molecule has 0 aliphatic carbocycles. The van der Waals surface area contributed by atoms with Crippen molar-refractivity contribution >= 4 is 11.9 Å². The van der Waals surface area contributed by atoms with Crippen molar-refractivity contribution in [2.45, 2.75) is 379 Å². The quantitative estimate of drug-likeness (QED) is 0.0320. The Hall–Kier alpha value is -1.66. The molecule has 0 aromatic heterocycles. The number of unbranched alkanes of at least 4 members (excludes halogenated alkanes) is 49. The molecule has 0 bridgehead atoms. The molecule has 1 amide bonds. The van der Waals surface area contributed by atoms with Crippen molar-refractivity contribution < 1.29 is 24.5 Å². The Kier molecular flexibility index (Phi) is 61.4. The predicted octanol–water partition coefficient (Wildman–Crippen LogP) is 21.0. The van der Waals surface area contributed by atoms with Crippen molar-refractivity contribution in [3.8, 4) is 0 Å². The van der Waals surface area contributed by atoms with Crippen LogP contribution in [0.2, 0.25) is 0 Å². The summed E-state index contributed by atoms with van der Waals surface area (Å²) in [5.74, 6) is -0.0740. The number of rotatable bonds is 62. The van der Waals surface area contributed by atoms with Gasteiger partial charge in [-0.1, -0.05) is 321 Å². The standard InChI is InChI=1S/C67H129NO5/c1-3-5-7-9-11-13-15-17-19-21-23-24-25-27-31-35-39-43-47-51-55-59-65(70)64(63-69)68-66(71)60-56-52-48-44-40-36-32-28-26-30-34-38-42-46-50-54-58-62-73-67(72)61-57-53-49-45-41-37-33-29-22-20-18-16-14-12-10-8-6-4-2/h26,30,55,59,64-65,69-70H,3-25,27-29,31-54,56-58,60-63H2,1-2H3,(H,68,71)/b30-26-,59-55+. The van der Waals surface area contributed by atoms with Gasteiger partial charge in [0.1, 0.15) is 0 Å². The highest BCUT2D eigenvalue weighted by Crippen LogP contribution is 2.18. The van der Waals surface area contributed by atoms with E-state index in [2.05, 4.69) is 31.3 Å². The fraction of sp³-hybridized carbons (Fsp3) is 0.910. The molecule has 6 heteroatoms. The summed E-state index contributed by atoms with van der Waals surface area (Å²) in [5, 5.41) is 23.2. The van der Waals surface area contributed by atoms with Crippen LogP contribution >= 0.6 is 0 Å². The average Bonchev–Trinajstić information content (AvgIpc) is 3.39. The highest BCUT2D eigenvalue weighted by Gasteiger charge is 2.18. The molecule has 0 saturated carbocycles. The Balaban J connectivity index is 3.46. The van der Waals surface area contributed by atoms with Gasteiger partial charge in [-0.05, 0) is 57.8 Å². The minimum absolute atomic E-state index is 0.00243. The van der Waals surface area contributed by atoms with Crippen molar-refractivity contribution in [2.75, 3.05) is 13.2 Å². The number of aliphatic hydroxyl groups is 2. The van der Waals surface area contributed by atoms with Crippen LogP contribution in [0.1, 0.15) is 367 Å². The molecule has 6 nitrogen and oxygen atoms in total. The Morgan fingerprint density at radius 2 is 0.644 bits per heavy atom. The molecule has 0 spiro atoms. The molecular formula is C67H129NO5. The zero-order chi connectivity index (χ0) is 52.9. The van der Waals surface area contributed by atoms with Gasteiger partial charge in [0, 0.05) is 12.8 Å². The first-order valence-corrected chi connectivity index (χ1v) is 33.1. The number of nitrogens with one attached hydrogen (secondary N) is 1. The molecule has 0 saturated heterocycles. The summed E-state index contributed by atoms with van der Waals surface area (Å²) in [5.41, 5.74) is 0. The van der Waals surface area contributed by atoms with Crippen LogP contribution in [0, 0.1) is 0 Å². The molecule has 0 rings (SSSR count). The minimum atomic E-state index is -0.853. The third kappa shape index (κ3) is 59.4. The number of amides is 1. The average molecular weight is 1030 g/mol. The van der Waals surface area contributed by atoms with Gasteiger partial charge in [0.25, 0.3) is 0 Å². The molecule has 3 N–H and O–H groups in total. The molecule has 0 heterocycles. The number of carbonyl (C=O) groups excluding carboxylic acids is 2. The van der Waals surface area contributed by atoms with Gasteiger partial charge in [-0.3, -0.25) is 9.59 Å². The van der Waals surface area contributed by atoms with E-state index < -0.39 is 12.1 Å². The summed E-state index contributed by atoms with van der Waals surface area (Å²) in [7, 11) is 0. The number of hydrogen-bond acceptors (Lipinski definition) is 5. The summed E-state index contributed by atoms with van der Waals surface area (Å²) in [6.07, 6.45) is 78.0. The lowest BCUT2D eigenvalue weighted by atomic mass is 10.0. The molecule has 73 heavy (non-hydrogen) atoms. The summed E-state index contributed by atoms with van der Waals surface area (Å²) < 4.78 is 5.49. The number of aliphatic hydroxyl groups excluding tert-OH is 2. The van der Waals surface area contributed by atoms with E-state index in [1.54, 1.807) is 6.08 Å². The maximum absolute atomic E-state index is 12.5. The first-order valence-electron chi connectivity index (χ1n) is 33.1. The summed E-state index contributed by atoms with van der Waals surface area (Å²) in [4.78, 5) is 24.6. The summed E-state index contributed by atoms with van der Waals surface area (Å²) in [6.45, 7) is 4.92. The zero-order valence-electron chi connectivity index (χ0n) is 49.4. The van der Waals surface area contributed by atoms with Crippen molar-refractivity contribution in [1.29, 1.82) is 0 Å². The first kappa shape index (κ1) is 71.3. The van der Waals surface area contributed by atoms with Gasteiger partial charge in [-0.25, -0.2) is 0 Å². The Labute approximate surface area is 456 Å². The number of esters is 1. The zero-order valence-corrected chi connectivity index (χ0v) is 49.4. The van der Waals surface area contributed by atoms with Gasteiger partial charge in [-0.15, -0.1) is 0 Å². The highest BCUT2D eigenvalue weighted by atomic mass is 16.5. The van der Waals surface area contributed by atoms with Gasteiger partial charge >= 0.3 is 5.97 Å². The van der Waals surface area contributed by atoms with Crippen LogP contribution in [0.3, 0.4) is 0 Å². The first-order chi connectivity index (χ1) is 36.0. The van der Waals surface area contributed by atoms with E-state index in [9.17, 15) is 19.8 Å². The topological polar surface area (TPSA) is 95.9 Å². The molecule has 0 aromatic carbocycles. The van der Waals surface area contributed by atoms with Crippen LogP contribution < -0.4 is 5.32 Å². The number of ether oxygens (including phenoxy) is 1. The molecular weight excluding hydrogens is 899 g/mol. The lowest BCUT2D eigenvalue weighted by Gasteiger charge is -2.20. The second-order valence-electron chi connectivity index (χ2n) is 22.8. The Morgan fingerprint density at radius 1 is 0.370 bits per heavy atom. The lowest BCUT2D eigenvalue weighted by molar-refractivity contribution is -0.143. The predicted molar refractivity (Wildman–Crippen MR) is 320 cm³/mol. The van der Waals surface area contributed by atoms with Crippen molar-refractivity contribution in [3.63, 3.8) is 0 Å². The van der Waals surface area contributed by atoms with E-state index in [4.69, 9.17) is 4.74 Å². The van der Waals surface area contributed by atoms with Gasteiger partial charge in [-0.2, -0.15) is 0 Å². The van der Waals surface area contributed by atoms with Crippen LogP contribution in [-0.4, -0.2) is 47.4 Å². The number of hydrogen-bond donors (Lipinski definition) is 3. The Morgan fingerprint density at radius 3 is 0.973 bits per heavy atom. The normalized spacial score (nSPS) is 12.7. The van der Waals surface area contributed by atoms with Crippen molar-refractivity contribution in [3.05, 3.63) is 24.3 Å². The van der Waals surface area contributed by atoms with Gasteiger partial charge in [0.05, 0.1) is 25.4 Å². The Bertz CT molecular complexity index is 1140. The SMILES string of the molecule is CCCCCCCCCCCCCCCCCCCCC/C=C/C(O)C(CO)NC(=O)CCCCCCCCC/C=C\CCCCCCCCOC(=O)CCCCCCCCCCCCCCCCCCCC. The van der Waals surface area contributed by atoms with Crippen molar-refractivity contribution in [1.82, 2.24) is 5.32 Å². The molecule has 2 unspecified atom stereocenters. The van der Waals surface area contributed by atoms with Gasteiger partial charge < -0.3 is 20.3 Å². The summed E-state index contributed by atoms with van der Waals surface area (Å²) >= 11 is 0. The van der Waals surface area contributed by atoms with Crippen LogP contribution in [-0.2, 0) is 14.3 Å². The largest absolute Gasteiger partial charge is 0.466 e. The van der Waals surface area contributed by atoms with Crippen LogP contribution in [0.4, 0.5) is 0 Å². The monoisotopic (exact) mass is 1030 g/mol. The molecule has 2 atom stereocenters. The maximum atomic E-state index is 12.5. The van der Waals surface area contributed by atoms with Crippen LogP contribution in [0.25, 0.3) is 0 Å². The van der Waals surface area contributed by atoms with Gasteiger partial charge in [0.2, 0.25) is 5.91 Å². The molecule has 432 valence electrons.